The number of benzene rings is 2. The molecule has 7 N–H and O–H groups in total. The predicted octanol–water partition coefficient (Wildman–Crippen LogP) is 4.16. The zero-order valence-electron chi connectivity index (χ0n) is 36.8. The zero-order valence-corrected chi connectivity index (χ0v) is 36.8. The van der Waals surface area contributed by atoms with Crippen LogP contribution in [0.1, 0.15) is 110 Å². The molecule has 61 heavy (non-hydrogen) atoms. The number of hydrogen-bond acceptors (Lipinski definition) is 9. The van der Waals surface area contributed by atoms with Gasteiger partial charge in [-0.3, -0.25) is 28.8 Å². The minimum Gasteiger partial charge on any atom is -0.460 e. The van der Waals surface area contributed by atoms with Crippen LogP contribution >= 0.6 is 0 Å². The van der Waals surface area contributed by atoms with Crippen LogP contribution in [0, 0.1) is 17.8 Å². The molecule has 2 aromatic carbocycles. The molecule has 0 bridgehead atoms. The quantitative estimate of drug-likeness (QED) is 0.119. The first kappa shape index (κ1) is 48.8. The van der Waals surface area contributed by atoms with E-state index >= 15 is 4.79 Å². The van der Waals surface area contributed by atoms with E-state index in [9.17, 15) is 29.1 Å². The summed E-state index contributed by atoms with van der Waals surface area (Å²) in [4.78, 5) is 85.7. The van der Waals surface area contributed by atoms with Crippen LogP contribution in [0.15, 0.2) is 54.6 Å². The highest BCUT2D eigenvalue weighted by atomic mass is 16.5. The molecule has 14 heteroatoms. The lowest BCUT2D eigenvalue weighted by Crippen LogP contribution is -2.62. The first-order chi connectivity index (χ1) is 29.2. The van der Waals surface area contributed by atoms with Crippen molar-refractivity contribution in [2.75, 3.05) is 20.1 Å². The molecule has 2 aromatic rings. The lowest BCUT2D eigenvalue weighted by molar-refractivity contribution is -0.158. The molecule has 1 aliphatic carbocycles. The van der Waals surface area contributed by atoms with E-state index in [2.05, 4.69) is 28.2 Å². The fraction of sp³-hybridized carbons (Fsp3) is 0.617. The summed E-state index contributed by atoms with van der Waals surface area (Å²) in [5, 5.41) is 21.2. The zero-order chi connectivity index (χ0) is 44.5. The average Bonchev–Trinajstić information content (AvgIpc) is 3.25. The van der Waals surface area contributed by atoms with E-state index < -0.39 is 78.4 Å². The molecule has 336 valence electrons. The highest BCUT2D eigenvalue weighted by Crippen LogP contribution is 2.29. The van der Waals surface area contributed by atoms with Crippen molar-refractivity contribution in [3.05, 3.63) is 60.2 Å². The Morgan fingerprint density at radius 3 is 2.08 bits per heavy atom. The molecule has 1 saturated carbocycles. The summed E-state index contributed by atoms with van der Waals surface area (Å²) < 4.78 is 6.12. The molecule has 0 spiro atoms. The van der Waals surface area contributed by atoms with Gasteiger partial charge in [-0.05, 0) is 80.4 Å². The SMILES string of the molecule is CCCCCC[C@H]1OC(=O)CNC(=O)[C@H]([C@H](C)O)NC(=O)[C@H](CN)NC(=O)[C@H](C2CCCCC2)NC(=O)[C@H](CC(C)C)N(C)C(=O)[C@@H]1CCc1ccc(-c2ccccc2)cc1. The van der Waals surface area contributed by atoms with Crippen LogP contribution < -0.4 is 27.0 Å². The molecule has 1 aliphatic heterocycles. The summed E-state index contributed by atoms with van der Waals surface area (Å²) in [7, 11) is 1.59. The maximum Gasteiger partial charge on any atom is 0.325 e. The number of amides is 5. The van der Waals surface area contributed by atoms with Gasteiger partial charge in [-0.1, -0.05) is 114 Å². The summed E-state index contributed by atoms with van der Waals surface area (Å²) in [5.74, 6) is -5.07. The number of nitrogens with zero attached hydrogens (tertiary/aromatic N) is 1. The summed E-state index contributed by atoms with van der Waals surface area (Å²) in [6.07, 6.45) is 6.65. The Kier molecular flexibility index (Phi) is 19.7. The Labute approximate surface area is 361 Å². The van der Waals surface area contributed by atoms with E-state index in [1.165, 1.54) is 11.8 Å². The van der Waals surface area contributed by atoms with Crippen molar-refractivity contribution in [1.29, 1.82) is 0 Å². The summed E-state index contributed by atoms with van der Waals surface area (Å²) in [6.45, 7) is 6.38. The second-order valence-electron chi connectivity index (χ2n) is 17.3. The summed E-state index contributed by atoms with van der Waals surface area (Å²) in [6, 6.07) is 13.3. The lowest BCUT2D eigenvalue weighted by atomic mass is 9.83. The Morgan fingerprint density at radius 2 is 1.46 bits per heavy atom. The lowest BCUT2D eigenvalue weighted by Gasteiger charge is -2.36. The molecule has 1 saturated heterocycles. The Morgan fingerprint density at radius 1 is 0.787 bits per heavy atom. The number of nitrogens with one attached hydrogen (secondary N) is 4. The van der Waals surface area contributed by atoms with Crippen molar-refractivity contribution in [3.63, 3.8) is 0 Å². The van der Waals surface area contributed by atoms with Crippen molar-refractivity contribution >= 4 is 35.5 Å². The van der Waals surface area contributed by atoms with Gasteiger partial charge in [0.05, 0.1) is 12.0 Å². The molecule has 1 heterocycles. The number of cyclic esters (lactones) is 1. The van der Waals surface area contributed by atoms with Gasteiger partial charge in [-0.2, -0.15) is 0 Å². The third-order valence-electron chi connectivity index (χ3n) is 12.0. The van der Waals surface area contributed by atoms with E-state index in [1.54, 1.807) is 7.05 Å². The van der Waals surface area contributed by atoms with Crippen LogP contribution in [0.3, 0.4) is 0 Å². The van der Waals surface area contributed by atoms with Crippen LogP contribution in [-0.4, -0.2) is 102 Å². The number of hydrogen-bond donors (Lipinski definition) is 6. The van der Waals surface area contributed by atoms with Gasteiger partial charge >= 0.3 is 5.97 Å². The Hall–Kier alpha value is -4.82. The van der Waals surface area contributed by atoms with Crippen molar-refractivity contribution in [3.8, 4) is 11.1 Å². The van der Waals surface area contributed by atoms with E-state index in [0.717, 1.165) is 55.2 Å². The second kappa shape index (κ2) is 24.6. The fourth-order valence-electron chi connectivity index (χ4n) is 8.45. The minimum absolute atomic E-state index is 0.0189. The molecule has 2 aliphatic rings. The largest absolute Gasteiger partial charge is 0.460 e. The topological polar surface area (TPSA) is 209 Å². The number of likely N-dealkylation sites (N-methyl/N-ethyl adjacent to an activating group) is 1. The van der Waals surface area contributed by atoms with E-state index in [1.807, 2.05) is 68.4 Å². The van der Waals surface area contributed by atoms with E-state index in [-0.39, 0.29) is 24.3 Å². The van der Waals surface area contributed by atoms with Crippen molar-refractivity contribution in [2.45, 2.75) is 148 Å². The van der Waals surface area contributed by atoms with Crippen LogP contribution in [0.5, 0.6) is 0 Å². The number of carbonyl (C=O) groups excluding carboxylic acids is 6. The van der Waals surface area contributed by atoms with Gasteiger partial charge in [0.2, 0.25) is 29.5 Å². The minimum atomic E-state index is -1.50. The molecule has 5 amide bonds. The van der Waals surface area contributed by atoms with Crippen molar-refractivity contribution < 1.29 is 38.6 Å². The number of carbonyl (C=O) groups is 6. The molecule has 0 aromatic heterocycles. The van der Waals surface area contributed by atoms with Crippen LogP contribution in [0.4, 0.5) is 0 Å². The van der Waals surface area contributed by atoms with Gasteiger partial charge in [0.1, 0.15) is 36.8 Å². The van der Waals surface area contributed by atoms with Crippen LogP contribution in [-0.2, 0) is 39.9 Å². The summed E-state index contributed by atoms with van der Waals surface area (Å²) >= 11 is 0. The number of ether oxygens (including phenoxy) is 1. The number of aryl methyl sites for hydroxylation is 1. The Balaban J connectivity index is 1.77. The molecule has 0 radical (unpaired) electrons. The molecule has 7 atom stereocenters. The van der Waals surface area contributed by atoms with Gasteiger partial charge in [-0.15, -0.1) is 0 Å². The molecule has 2 fully saturated rings. The van der Waals surface area contributed by atoms with Crippen LogP contribution in [0.2, 0.25) is 0 Å². The molecular formula is C47H70N6O8. The smallest absolute Gasteiger partial charge is 0.325 e. The van der Waals surface area contributed by atoms with Crippen LogP contribution in [0.25, 0.3) is 11.1 Å². The number of aliphatic hydroxyl groups excluding tert-OH is 1. The number of nitrogens with two attached hydrogens (primary N) is 1. The van der Waals surface area contributed by atoms with Gasteiger partial charge in [0.25, 0.3) is 0 Å². The number of rotatable bonds is 14. The third-order valence-corrected chi connectivity index (χ3v) is 12.0. The average molecular weight is 847 g/mol. The monoisotopic (exact) mass is 847 g/mol. The second-order valence-corrected chi connectivity index (χ2v) is 17.3. The molecule has 4 rings (SSSR count). The molecule has 0 unspecified atom stereocenters. The first-order valence-electron chi connectivity index (χ1n) is 22.4. The first-order valence-corrected chi connectivity index (χ1v) is 22.4. The standard InChI is InChI=1S/C47H70N6O8/c1-6-7-8-15-20-39-36(26-23-32-21-24-34(25-22-32)33-16-11-9-12-17-33)47(60)53(5)38(27-30(2)3)44(57)52-42(35-18-13-10-14-19-35)46(59)50-37(28-48)43(56)51-41(31(4)54)45(58)49-29-40(55)61-39/h9,11-12,16-17,21-22,24-25,30-31,35-39,41-42,54H,6-8,10,13-15,18-20,23,26-29,48H2,1-5H3,(H,49,58)(H,50,59)(H,51,56)(H,52,57)/t31-,36+,37-,38-,39+,41-,42-/m0/s1. The van der Waals surface area contributed by atoms with E-state index in [4.69, 9.17) is 10.5 Å². The van der Waals surface area contributed by atoms with Gasteiger partial charge in [0.15, 0.2) is 0 Å². The Bertz CT molecular complexity index is 1730. The maximum atomic E-state index is 15.0. The van der Waals surface area contributed by atoms with Crippen molar-refractivity contribution in [2.24, 2.45) is 23.5 Å². The van der Waals surface area contributed by atoms with Crippen molar-refractivity contribution in [1.82, 2.24) is 26.2 Å². The van der Waals surface area contributed by atoms with Gasteiger partial charge < -0.3 is 41.7 Å². The fourth-order valence-corrected chi connectivity index (χ4v) is 8.45. The summed E-state index contributed by atoms with van der Waals surface area (Å²) in [5.41, 5.74) is 9.08. The highest BCUT2D eigenvalue weighted by Gasteiger charge is 2.40. The predicted molar refractivity (Wildman–Crippen MR) is 234 cm³/mol. The molecule has 14 nitrogen and oxygen atoms in total. The van der Waals surface area contributed by atoms with Gasteiger partial charge in [-0.25, -0.2) is 0 Å². The third kappa shape index (κ3) is 14.7. The maximum absolute atomic E-state index is 15.0. The normalized spacial score (nSPS) is 25.0. The number of unbranched alkanes of at least 4 members (excludes halogenated alkanes) is 3. The molecular weight excluding hydrogens is 777 g/mol. The highest BCUT2D eigenvalue weighted by molar-refractivity contribution is 5.96. The van der Waals surface area contributed by atoms with E-state index in [0.29, 0.717) is 44.9 Å². The number of esters is 1. The number of aliphatic hydroxyl groups is 1. The van der Waals surface area contributed by atoms with Gasteiger partial charge in [0, 0.05) is 13.6 Å².